The SMILES string of the molecule is CN(C)CCN(C)Cc1ccc(NC(=O)c2[nH]ncc2N)cc1. The van der Waals surface area contributed by atoms with Crippen molar-refractivity contribution in [2.75, 3.05) is 45.3 Å². The molecule has 7 heteroatoms. The number of carbonyl (C=O) groups is 1. The lowest BCUT2D eigenvalue weighted by molar-refractivity contribution is 0.102. The molecule has 0 aliphatic rings. The first-order valence-corrected chi connectivity index (χ1v) is 7.48. The zero-order valence-corrected chi connectivity index (χ0v) is 13.8. The van der Waals surface area contributed by atoms with Gasteiger partial charge in [-0.25, -0.2) is 0 Å². The van der Waals surface area contributed by atoms with Crippen molar-refractivity contribution in [1.82, 2.24) is 20.0 Å². The molecule has 0 bridgehead atoms. The van der Waals surface area contributed by atoms with Gasteiger partial charge in [0.15, 0.2) is 0 Å². The van der Waals surface area contributed by atoms with E-state index in [-0.39, 0.29) is 11.6 Å². The summed E-state index contributed by atoms with van der Waals surface area (Å²) in [5, 5.41) is 9.12. The molecule has 0 spiro atoms. The summed E-state index contributed by atoms with van der Waals surface area (Å²) >= 11 is 0. The van der Waals surface area contributed by atoms with Crippen molar-refractivity contribution >= 4 is 17.3 Å². The van der Waals surface area contributed by atoms with Crippen LogP contribution < -0.4 is 11.1 Å². The molecule has 0 aliphatic heterocycles. The number of nitrogens with zero attached hydrogens (tertiary/aromatic N) is 3. The summed E-state index contributed by atoms with van der Waals surface area (Å²) in [7, 11) is 6.23. The molecule has 1 heterocycles. The zero-order chi connectivity index (χ0) is 16.8. The first-order valence-electron chi connectivity index (χ1n) is 7.48. The van der Waals surface area contributed by atoms with Gasteiger partial charge < -0.3 is 20.9 Å². The van der Waals surface area contributed by atoms with Gasteiger partial charge in [-0.15, -0.1) is 0 Å². The van der Waals surface area contributed by atoms with Crippen LogP contribution in [0.25, 0.3) is 0 Å². The van der Waals surface area contributed by atoms with Crippen LogP contribution in [0.2, 0.25) is 0 Å². The van der Waals surface area contributed by atoms with Crippen molar-refractivity contribution in [2.45, 2.75) is 6.54 Å². The number of nitrogens with two attached hydrogens (primary N) is 1. The Hall–Kier alpha value is -2.38. The molecule has 7 nitrogen and oxygen atoms in total. The Bertz CT molecular complexity index is 634. The fourth-order valence-corrected chi connectivity index (χ4v) is 2.13. The highest BCUT2D eigenvalue weighted by atomic mass is 16.2. The third-order valence-corrected chi connectivity index (χ3v) is 3.49. The number of amides is 1. The second kappa shape index (κ2) is 7.75. The van der Waals surface area contributed by atoms with Gasteiger partial charge >= 0.3 is 0 Å². The lowest BCUT2D eigenvalue weighted by Gasteiger charge is -2.19. The number of hydrogen-bond donors (Lipinski definition) is 3. The summed E-state index contributed by atoms with van der Waals surface area (Å²) in [4.78, 5) is 16.5. The van der Waals surface area contributed by atoms with Gasteiger partial charge in [-0.1, -0.05) is 12.1 Å². The number of likely N-dealkylation sites (N-methyl/N-ethyl adjacent to an activating group) is 2. The molecular weight excluding hydrogens is 292 g/mol. The van der Waals surface area contributed by atoms with E-state index in [0.29, 0.717) is 5.69 Å². The molecule has 0 aliphatic carbocycles. The highest BCUT2D eigenvalue weighted by Gasteiger charge is 2.11. The molecule has 23 heavy (non-hydrogen) atoms. The van der Waals surface area contributed by atoms with Gasteiger partial charge in [0.1, 0.15) is 5.69 Å². The number of anilines is 2. The Balaban J connectivity index is 1.89. The third-order valence-electron chi connectivity index (χ3n) is 3.49. The lowest BCUT2D eigenvalue weighted by Crippen LogP contribution is -2.28. The minimum Gasteiger partial charge on any atom is -0.396 e. The first-order chi connectivity index (χ1) is 11.0. The van der Waals surface area contributed by atoms with Crippen molar-refractivity contribution in [3.63, 3.8) is 0 Å². The normalized spacial score (nSPS) is 11.2. The summed E-state index contributed by atoms with van der Waals surface area (Å²) in [6, 6.07) is 7.80. The monoisotopic (exact) mass is 316 g/mol. The van der Waals surface area contributed by atoms with Gasteiger partial charge in [0.05, 0.1) is 11.9 Å². The minimum absolute atomic E-state index is 0.275. The van der Waals surface area contributed by atoms with Gasteiger partial charge in [-0.2, -0.15) is 5.10 Å². The second-order valence-corrected chi connectivity index (χ2v) is 5.89. The molecule has 4 N–H and O–H groups in total. The van der Waals surface area contributed by atoms with E-state index < -0.39 is 0 Å². The number of rotatable bonds is 7. The standard InChI is InChI=1S/C16H24N6O/c1-21(2)8-9-22(3)11-12-4-6-13(7-5-12)19-16(23)15-14(17)10-18-20-15/h4-7,10H,8-9,11,17H2,1-3H3,(H,18,20)(H,19,23). The molecule has 1 amide bonds. The number of aromatic amines is 1. The molecule has 124 valence electrons. The number of H-pyrrole nitrogens is 1. The maximum atomic E-state index is 12.0. The van der Waals surface area contributed by atoms with E-state index in [9.17, 15) is 4.79 Å². The summed E-state index contributed by atoms with van der Waals surface area (Å²) < 4.78 is 0. The number of nitrogen functional groups attached to an aromatic ring is 1. The molecule has 0 saturated carbocycles. The molecule has 0 unspecified atom stereocenters. The molecule has 1 aromatic carbocycles. The molecule has 2 rings (SSSR count). The van der Waals surface area contributed by atoms with E-state index in [4.69, 9.17) is 5.73 Å². The number of benzene rings is 1. The molecule has 2 aromatic rings. The number of aromatic nitrogens is 2. The van der Waals surface area contributed by atoms with E-state index in [1.54, 1.807) is 0 Å². The van der Waals surface area contributed by atoms with Gasteiger partial charge in [-0.05, 0) is 38.8 Å². The Morgan fingerprint density at radius 1 is 1.22 bits per heavy atom. The zero-order valence-electron chi connectivity index (χ0n) is 13.8. The first kappa shape index (κ1) is 17.0. The highest BCUT2D eigenvalue weighted by molar-refractivity contribution is 6.06. The van der Waals surface area contributed by atoms with E-state index >= 15 is 0 Å². The molecule has 0 radical (unpaired) electrons. The minimum atomic E-state index is -0.296. The Kier molecular flexibility index (Phi) is 5.72. The largest absolute Gasteiger partial charge is 0.396 e. The number of nitrogens with one attached hydrogen (secondary N) is 2. The van der Waals surface area contributed by atoms with Gasteiger partial charge in [0.25, 0.3) is 5.91 Å². The summed E-state index contributed by atoms with van der Waals surface area (Å²) in [6.07, 6.45) is 1.42. The highest BCUT2D eigenvalue weighted by Crippen LogP contribution is 2.14. The van der Waals surface area contributed by atoms with Crippen molar-refractivity contribution in [3.05, 3.63) is 41.7 Å². The fourth-order valence-electron chi connectivity index (χ4n) is 2.13. The van der Waals surface area contributed by atoms with Crippen molar-refractivity contribution in [1.29, 1.82) is 0 Å². The van der Waals surface area contributed by atoms with Crippen LogP contribution in [0, 0.1) is 0 Å². The number of carbonyl (C=O) groups excluding carboxylic acids is 1. The number of hydrogen-bond acceptors (Lipinski definition) is 5. The maximum Gasteiger partial charge on any atom is 0.275 e. The van der Waals surface area contributed by atoms with E-state index in [2.05, 4.69) is 46.5 Å². The third kappa shape index (κ3) is 5.08. The van der Waals surface area contributed by atoms with Crippen molar-refractivity contribution < 1.29 is 4.79 Å². The molecule has 1 aromatic heterocycles. The topological polar surface area (TPSA) is 90.3 Å². The van der Waals surface area contributed by atoms with Crippen LogP contribution in [0.3, 0.4) is 0 Å². The van der Waals surface area contributed by atoms with Gasteiger partial charge in [0, 0.05) is 25.3 Å². The van der Waals surface area contributed by atoms with Crippen LogP contribution in [0.1, 0.15) is 16.1 Å². The van der Waals surface area contributed by atoms with Gasteiger partial charge in [0.2, 0.25) is 0 Å². The molecule has 0 saturated heterocycles. The van der Waals surface area contributed by atoms with E-state index in [1.165, 1.54) is 11.8 Å². The molecular formula is C16H24N6O. The van der Waals surface area contributed by atoms with Crippen molar-refractivity contribution in [2.24, 2.45) is 0 Å². The van der Waals surface area contributed by atoms with Crippen LogP contribution in [0.15, 0.2) is 30.5 Å². The summed E-state index contributed by atoms with van der Waals surface area (Å²) in [5.41, 5.74) is 8.20. The van der Waals surface area contributed by atoms with Gasteiger partial charge in [-0.3, -0.25) is 9.89 Å². The molecule has 0 fully saturated rings. The van der Waals surface area contributed by atoms with Crippen molar-refractivity contribution in [3.8, 4) is 0 Å². The summed E-state index contributed by atoms with van der Waals surface area (Å²) in [6.45, 7) is 2.90. The maximum absolute atomic E-state index is 12.0. The van der Waals surface area contributed by atoms with Crippen LogP contribution in [0.5, 0.6) is 0 Å². The molecule has 0 atom stereocenters. The Morgan fingerprint density at radius 2 is 1.91 bits per heavy atom. The predicted octanol–water partition coefficient (Wildman–Crippen LogP) is 1.24. The van der Waals surface area contributed by atoms with E-state index in [1.807, 2.05) is 24.3 Å². The average molecular weight is 316 g/mol. The average Bonchev–Trinajstić information content (AvgIpc) is 2.93. The fraction of sp³-hybridized carbons (Fsp3) is 0.375. The van der Waals surface area contributed by atoms with Crippen LogP contribution in [-0.4, -0.2) is 60.1 Å². The Labute approximate surface area is 136 Å². The van der Waals surface area contributed by atoms with Crippen LogP contribution >= 0.6 is 0 Å². The second-order valence-electron chi connectivity index (χ2n) is 5.89. The predicted molar refractivity (Wildman–Crippen MR) is 92.3 cm³/mol. The quantitative estimate of drug-likeness (QED) is 0.715. The smallest absolute Gasteiger partial charge is 0.275 e. The lowest BCUT2D eigenvalue weighted by atomic mass is 10.2. The Morgan fingerprint density at radius 3 is 2.48 bits per heavy atom. The van der Waals surface area contributed by atoms with Crippen LogP contribution in [0.4, 0.5) is 11.4 Å². The van der Waals surface area contributed by atoms with Crippen LogP contribution in [-0.2, 0) is 6.54 Å². The summed E-state index contributed by atoms with van der Waals surface area (Å²) in [5.74, 6) is -0.296. The van der Waals surface area contributed by atoms with E-state index in [0.717, 1.165) is 25.3 Å².